The van der Waals surface area contributed by atoms with Gasteiger partial charge in [0.1, 0.15) is 36.1 Å². The van der Waals surface area contributed by atoms with E-state index in [0.717, 1.165) is 61.0 Å². The van der Waals surface area contributed by atoms with Gasteiger partial charge in [0.05, 0.1) is 44.2 Å². The molecular formula is C44H49FN8O4. The lowest BCUT2D eigenvalue weighted by Gasteiger charge is -2.37. The zero-order valence-electron chi connectivity index (χ0n) is 32.4. The van der Waals surface area contributed by atoms with E-state index in [4.69, 9.17) is 14.2 Å². The number of nitrogens with zero attached hydrogens (tertiary/aromatic N) is 8. The second-order valence-electron chi connectivity index (χ2n) is 14.9. The molecule has 13 heteroatoms. The van der Waals surface area contributed by atoms with Crippen LogP contribution in [0.5, 0.6) is 5.75 Å². The fraction of sp³-hybridized carbons (Fsp3) is 0.364. The number of benzene rings is 4. The van der Waals surface area contributed by atoms with E-state index in [1.807, 2.05) is 67.6 Å². The standard InChI is InChI=1S/C44H49FN8O4/c1-3-42(33(2)55-26-34-9-5-4-6-10-34)53-43(54)52(32-48-53)38-15-13-36(14-16-38)49-21-23-50(24-22-49)37-17-19-39(20-18-37)56-27-35-25-44(57-28-35,29-51-31-46-30-47-51)40-11-7-8-12-41(40)45/h4-20,30-33,35,42H,3,21-29H2,1-2H3/t33-,35+,42-,44-/m0/s1. The zero-order valence-corrected chi connectivity index (χ0v) is 32.4. The van der Waals surface area contributed by atoms with Gasteiger partial charge in [-0.2, -0.15) is 10.2 Å². The van der Waals surface area contributed by atoms with E-state index in [1.165, 1.54) is 12.4 Å². The van der Waals surface area contributed by atoms with Gasteiger partial charge in [0.2, 0.25) is 0 Å². The lowest BCUT2D eigenvalue weighted by atomic mass is 9.87. The van der Waals surface area contributed by atoms with Gasteiger partial charge in [-0.15, -0.1) is 0 Å². The monoisotopic (exact) mass is 772 g/mol. The number of ether oxygens (including phenoxy) is 3. The Labute approximate surface area is 332 Å². The van der Waals surface area contributed by atoms with Gasteiger partial charge in [-0.1, -0.05) is 55.5 Å². The quantitative estimate of drug-likeness (QED) is 0.113. The number of piperazine rings is 1. The molecule has 2 saturated heterocycles. The van der Waals surface area contributed by atoms with Crippen LogP contribution in [-0.4, -0.2) is 74.6 Å². The summed E-state index contributed by atoms with van der Waals surface area (Å²) in [6.07, 6.45) is 5.85. The highest BCUT2D eigenvalue weighted by Gasteiger charge is 2.44. The van der Waals surface area contributed by atoms with Gasteiger partial charge in [0.15, 0.2) is 0 Å². The van der Waals surface area contributed by atoms with Gasteiger partial charge in [-0.3, -0.25) is 0 Å². The predicted molar refractivity (Wildman–Crippen MR) is 216 cm³/mol. The minimum absolute atomic E-state index is 0.0845. The Morgan fingerprint density at radius 2 is 1.51 bits per heavy atom. The first kappa shape index (κ1) is 38.1. The van der Waals surface area contributed by atoms with Crippen molar-refractivity contribution in [2.75, 3.05) is 49.2 Å². The van der Waals surface area contributed by atoms with Gasteiger partial charge in [0, 0.05) is 49.0 Å². The SMILES string of the molecule is CC[C@@H]([C@H](C)OCc1ccccc1)n1ncn(-c2ccc(N3CCN(c4ccc(OC[C@@H]5CO[C@@](Cn6cncn6)(c6ccccc6F)C5)cc4)CC3)cc2)c1=O. The molecule has 4 atom stereocenters. The van der Waals surface area contributed by atoms with Crippen LogP contribution >= 0.6 is 0 Å². The Hall–Kier alpha value is -5.79. The number of hydrogen-bond donors (Lipinski definition) is 0. The molecule has 6 aromatic rings. The number of hydrogen-bond acceptors (Lipinski definition) is 9. The molecule has 0 bridgehead atoms. The van der Waals surface area contributed by atoms with Crippen molar-refractivity contribution in [1.29, 1.82) is 0 Å². The summed E-state index contributed by atoms with van der Waals surface area (Å²) in [5.74, 6) is 0.586. The molecule has 2 fully saturated rings. The summed E-state index contributed by atoms with van der Waals surface area (Å²) in [6, 6.07) is 33.0. The topological polar surface area (TPSA) is 105 Å². The molecular weight excluding hydrogens is 724 g/mol. The van der Waals surface area contributed by atoms with Crippen LogP contribution in [0.4, 0.5) is 15.8 Å². The average molecular weight is 773 g/mol. The number of aromatic nitrogens is 6. The van der Waals surface area contributed by atoms with Crippen LogP contribution in [0.1, 0.15) is 43.9 Å². The van der Waals surface area contributed by atoms with Gasteiger partial charge >= 0.3 is 5.69 Å². The molecule has 4 heterocycles. The van der Waals surface area contributed by atoms with Crippen molar-refractivity contribution in [3.05, 3.63) is 150 Å². The van der Waals surface area contributed by atoms with Crippen LogP contribution in [0.3, 0.4) is 0 Å². The van der Waals surface area contributed by atoms with Crippen LogP contribution in [0.15, 0.2) is 127 Å². The molecule has 0 radical (unpaired) electrons. The summed E-state index contributed by atoms with van der Waals surface area (Å²) in [4.78, 5) is 22.3. The lowest BCUT2D eigenvalue weighted by Crippen LogP contribution is -2.46. The van der Waals surface area contributed by atoms with Crippen molar-refractivity contribution < 1.29 is 18.6 Å². The number of rotatable bonds is 15. The summed E-state index contributed by atoms with van der Waals surface area (Å²) >= 11 is 0. The predicted octanol–water partition coefficient (Wildman–Crippen LogP) is 6.66. The Kier molecular flexibility index (Phi) is 11.5. The fourth-order valence-electron chi connectivity index (χ4n) is 8.11. The first-order valence-corrected chi connectivity index (χ1v) is 19.8. The van der Waals surface area contributed by atoms with E-state index in [0.29, 0.717) is 38.3 Å². The maximum absolute atomic E-state index is 15.0. The fourth-order valence-corrected chi connectivity index (χ4v) is 8.11. The second-order valence-corrected chi connectivity index (χ2v) is 14.9. The smallest absolute Gasteiger partial charge is 0.350 e. The largest absolute Gasteiger partial charge is 0.493 e. The Morgan fingerprint density at radius 3 is 2.18 bits per heavy atom. The van der Waals surface area contributed by atoms with E-state index in [2.05, 4.69) is 56.2 Å². The van der Waals surface area contributed by atoms with E-state index >= 15 is 0 Å². The van der Waals surface area contributed by atoms with Gasteiger partial charge in [0.25, 0.3) is 0 Å². The molecule has 2 aliphatic rings. The van der Waals surface area contributed by atoms with Crippen molar-refractivity contribution in [3.8, 4) is 11.4 Å². The molecule has 0 amide bonds. The molecule has 296 valence electrons. The lowest BCUT2D eigenvalue weighted by molar-refractivity contribution is -0.0206. The highest BCUT2D eigenvalue weighted by atomic mass is 19.1. The highest BCUT2D eigenvalue weighted by molar-refractivity contribution is 5.54. The van der Waals surface area contributed by atoms with Crippen molar-refractivity contribution in [2.24, 2.45) is 5.92 Å². The van der Waals surface area contributed by atoms with Crippen molar-refractivity contribution >= 4 is 11.4 Å². The molecule has 0 aliphatic carbocycles. The minimum atomic E-state index is -0.846. The van der Waals surface area contributed by atoms with Crippen molar-refractivity contribution in [2.45, 2.75) is 57.6 Å². The van der Waals surface area contributed by atoms with Crippen molar-refractivity contribution in [3.63, 3.8) is 0 Å². The highest BCUT2D eigenvalue weighted by Crippen LogP contribution is 2.42. The molecule has 57 heavy (non-hydrogen) atoms. The minimum Gasteiger partial charge on any atom is -0.493 e. The van der Waals surface area contributed by atoms with Crippen LogP contribution in [0.25, 0.3) is 5.69 Å². The van der Waals surface area contributed by atoms with Crippen LogP contribution in [0.2, 0.25) is 0 Å². The third-order valence-electron chi connectivity index (χ3n) is 11.2. The normalized spacial score (nSPS) is 19.5. The van der Waals surface area contributed by atoms with E-state index in [-0.39, 0.29) is 29.6 Å². The van der Waals surface area contributed by atoms with Crippen LogP contribution < -0.4 is 20.2 Å². The molecule has 2 aliphatic heterocycles. The molecule has 2 aromatic heterocycles. The maximum Gasteiger partial charge on any atom is 0.350 e. The third kappa shape index (κ3) is 8.49. The first-order valence-electron chi connectivity index (χ1n) is 19.8. The Balaban J connectivity index is 0.826. The molecule has 12 nitrogen and oxygen atoms in total. The van der Waals surface area contributed by atoms with Crippen LogP contribution in [0, 0.1) is 11.7 Å². The molecule has 0 unspecified atom stereocenters. The Morgan fingerprint density at radius 1 is 0.842 bits per heavy atom. The third-order valence-corrected chi connectivity index (χ3v) is 11.2. The van der Waals surface area contributed by atoms with Gasteiger partial charge in [-0.05, 0) is 79.9 Å². The summed E-state index contributed by atoms with van der Waals surface area (Å²) in [5.41, 5.74) is 3.65. The van der Waals surface area contributed by atoms with Gasteiger partial charge in [-0.25, -0.2) is 28.1 Å². The maximum atomic E-state index is 15.0. The summed E-state index contributed by atoms with van der Waals surface area (Å²) in [6.45, 7) is 9.32. The zero-order chi connectivity index (χ0) is 39.2. The molecule has 0 saturated carbocycles. The average Bonchev–Trinajstić information content (AvgIpc) is 4.02. The van der Waals surface area contributed by atoms with E-state index in [9.17, 15) is 9.18 Å². The summed E-state index contributed by atoms with van der Waals surface area (Å²) in [5, 5.41) is 8.75. The number of halogens is 1. The molecule has 8 rings (SSSR count). The van der Waals surface area contributed by atoms with E-state index in [1.54, 1.807) is 38.7 Å². The molecule has 0 spiro atoms. The Bertz CT molecular complexity index is 2240. The molecule has 4 aromatic carbocycles. The summed E-state index contributed by atoms with van der Waals surface area (Å²) < 4.78 is 38.6. The van der Waals surface area contributed by atoms with Crippen LogP contribution in [-0.2, 0) is 28.2 Å². The second kappa shape index (κ2) is 17.1. The van der Waals surface area contributed by atoms with Gasteiger partial charge < -0.3 is 24.0 Å². The van der Waals surface area contributed by atoms with Crippen molar-refractivity contribution in [1.82, 2.24) is 29.1 Å². The number of anilines is 2. The molecule has 0 N–H and O–H groups in total. The first-order chi connectivity index (χ1) is 27.9. The van der Waals surface area contributed by atoms with E-state index < -0.39 is 5.60 Å². The summed E-state index contributed by atoms with van der Waals surface area (Å²) in [7, 11) is 0.